The Kier molecular flexibility index (Phi) is 7.83. The summed E-state index contributed by atoms with van der Waals surface area (Å²) < 4.78 is 15.0. The van der Waals surface area contributed by atoms with Crippen molar-refractivity contribution in [2.75, 3.05) is 18.4 Å². The summed E-state index contributed by atoms with van der Waals surface area (Å²) in [6, 6.07) is 19.4. The van der Waals surface area contributed by atoms with Crippen molar-refractivity contribution in [1.29, 1.82) is 0 Å². The van der Waals surface area contributed by atoms with E-state index in [0.717, 1.165) is 5.56 Å². The lowest BCUT2D eigenvalue weighted by Crippen LogP contribution is -2.38. The molecule has 0 aliphatic heterocycles. The zero-order valence-corrected chi connectivity index (χ0v) is 20.5. The Balaban J connectivity index is 1.61. The van der Waals surface area contributed by atoms with E-state index in [1.165, 1.54) is 35.2 Å². The molecule has 36 heavy (non-hydrogen) atoms. The Labute approximate surface area is 217 Å². The van der Waals surface area contributed by atoms with Crippen LogP contribution in [0.3, 0.4) is 0 Å². The van der Waals surface area contributed by atoms with Crippen LogP contribution < -0.4 is 5.32 Å². The van der Waals surface area contributed by atoms with Gasteiger partial charge in [-0.3, -0.25) is 19.5 Å². The van der Waals surface area contributed by atoms with E-state index in [4.69, 9.17) is 23.2 Å². The fraction of sp³-hybridized carbons (Fsp3) is 0.0741. The van der Waals surface area contributed by atoms with Gasteiger partial charge in [0.25, 0.3) is 5.91 Å². The number of nitrogens with one attached hydrogen (secondary N) is 1. The third-order valence-corrected chi connectivity index (χ3v) is 5.73. The maximum atomic E-state index is 13.3. The predicted molar refractivity (Wildman–Crippen MR) is 140 cm³/mol. The molecule has 9 heteroatoms. The highest BCUT2D eigenvalue weighted by Crippen LogP contribution is 2.26. The van der Waals surface area contributed by atoms with Crippen molar-refractivity contribution < 1.29 is 14.0 Å². The SMILES string of the molecule is C=CCN(CC(=O)Nc1nc(-c2ccc(Cl)cc2)cn1-c1cccc(Cl)c1)C(=O)c1ccc(F)cc1. The van der Waals surface area contributed by atoms with E-state index in [1.807, 2.05) is 18.2 Å². The molecule has 182 valence electrons. The molecule has 0 spiro atoms. The lowest BCUT2D eigenvalue weighted by atomic mass is 10.2. The van der Waals surface area contributed by atoms with Crippen LogP contribution in [-0.2, 0) is 4.79 Å². The molecule has 2 amide bonds. The maximum Gasteiger partial charge on any atom is 0.254 e. The summed E-state index contributed by atoms with van der Waals surface area (Å²) in [5.74, 6) is -1.10. The van der Waals surface area contributed by atoms with Gasteiger partial charge in [0.1, 0.15) is 12.4 Å². The van der Waals surface area contributed by atoms with Crippen LogP contribution >= 0.6 is 23.2 Å². The first-order valence-electron chi connectivity index (χ1n) is 10.9. The normalized spacial score (nSPS) is 10.6. The van der Waals surface area contributed by atoms with Crippen molar-refractivity contribution >= 4 is 41.0 Å². The first-order chi connectivity index (χ1) is 17.3. The first-order valence-corrected chi connectivity index (χ1v) is 11.7. The number of carbonyl (C=O) groups excluding carboxylic acids is 2. The van der Waals surface area contributed by atoms with E-state index in [2.05, 4.69) is 16.9 Å². The number of carbonyl (C=O) groups is 2. The van der Waals surface area contributed by atoms with Gasteiger partial charge >= 0.3 is 0 Å². The zero-order chi connectivity index (χ0) is 25.7. The van der Waals surface area contributed by atoms with Crippen molar-refractivity contribution in [2.24, 2.45) is 0 Å². The zero-order valence-electron chi connectivity index (χ0n) is 19.0. The highest BCUT2D eigenvalue weighted by molar-refractivity contribution is 6.31. The van der Waals surface area contributed by atoms with Crippen molar-refractivity contribution in [3.63, 3.8) is 0 Å². The van der Waals surface area contributed by atoms with E-state index >= 15 is 0 Å². The molecular weight excluding hydrogens is 502 g/mol. The molecule has 3 aromatic carbocycles. The average molecular weight is 523 g/mol. The molecule has 0 saturated carbocycles. The van der Waals surface area contributed by atoms with Crippen LogP contribution in [0.5, 0.6) is 0 Å². The van der Waals surface area contributed by atoms with E-state index < -0.39 is 17.6 Å². The molecule has 6 nitrogen and oxygen atoms in total. The average Bonchev–Trinajstić information content (AvgIpc) is 3.28. The highest BCUT2D eigenvalue weighted by Gasteiger charge is 2.20. The minimum absolute atomic E-state index is 0.127. The predicted octanol–water partition coefficient (Wildman–Crippen LogP) is 6.25. The van der Waals surface area contributed by atoms with Gasteiger partial charge in [0.2, 0.25) is 11.9 Å². The molecule has 0 saturated heterocycles. The van der Waals surface area contributed by atoms with E-state index in [0.29, 0.717) is 21.4 Å². The fourth-order valence-corrected chi connectivity index (χ4v) is 3.85. The molecule has 4 rings (SSSR count). The number of hydrogen-bond donors (Lipinski definition) is 1. The van der Waals surface area contributed by atoms with Gasteiger partial charge in [0.05, 0.1) is 5.69 Å². The first kappa shape index (κ1) is 25.2. The van der Waals surface area contributed by atoms with Gasteiger partial charge in [-0.25, -0.2) is 9.37 Å². The molecule has 0 aliphatic carbocycles. The number of rotatable bonds is 8. The summed E-state index contributed by atoms with van der Waals surface area (Å²) in [5, 5.41) is 3.90. The lowest BCUT2D eigenvalue weighted by molar-refractivity contribution is -0.116. The van der Waals surface area contributed by atoms with Gasteiger partial charge in [-0.15, -0.1) is 6.58 Å². The number of amides is 2. The van der Waals surface area contributed by atoms with Crippen LogP contribution in [-0.4, -0.2) is 39.4 Å². The summed E-state index contributed by atoms with van der Waals surface area (Å²) in [6.07, 6.45) is 3.29. The van der Waals surface area contributed by atoms with Crippen LogP contribution in [0.15, 0.2) is 91.6 Å². The Hall–Kier alpha value is -3.94. The molecule has 0 fully saturated rings. The number of aromatic nitrogens is 2. The van der Waals surface area contributed by atoms with E-state index in [1.54, 1.807) is 41.1 Å². The standard InChI is InChI=1S/C27H21Cl2FN4O2/c1-2-14-33(26(36)19-8-12-22(30)13-9-19)17-25(35)32-27-31-24(18-6-10-20(28)11-7-18)16-34(27)23-5-3-4-21(29)15-23/h2-13,15-16H,1,14,17H2,(H,31,32,35). The maximum absolute atomic E-state index is 13.3. The van der Waals surface area contributed by atoms with Gasteiger partial charge in [0.15, 0.2) is 0 Å². The summed E-state index contributed by atoms with van der Waals surface area (Å²) in [5.41, 5.74) is 2.36. The quantitative estimate of drug-likeness (QED) is 0.278. The topological polar surface area (TPSA) is 67.2 Å². The van der Waals surface area contributed by atoms with Gasteiger partial charge in [-0.05, 0) is 54.6 Å². The number of hydrogen-bond acceptors (Lipinski definition) is 3. The molecule has 0 radical (unpaired) electrons. The van der Waals surface area contributed by atoms with Gasteiger partial charge in [-0.1, -0.05) is 47.5 Å². The van der Waals surface area contributed by atoms with Crippen molar-refractivity contribution in [3.05, 3.63) is 113 Å². The molecule has 4 aromatic rings. The van der Waals surface area contributed by atoms with Crippen LogP contribution in [0.4, 0.5) is 10.3 Å². The minimum Gasteiger partial charge on any atom is -0.326 e. The number of benzene rings is 3. The molecule has 0 aliphatic rings. The third-order valence-electron chi connectivity index (χ3n) is 5.25. The van der Waals surface area contributed by atoms with Gasteiger partial charge in [-0.2, -0.15) is 0 Å². The Bertz CT molecular complexity index is 1400. The number of nitrogens with zero attached hydrogens (tertiary/aromatic N) is 3. The smallest absolute Gasteiger partial charge is 0.254 e. The fourth-order valence-electron chi connectivity index (χ4n) is 3.54. The molecule has 1 heterocycles. The van der Waals surface area contributed by atoms with E-state index in [9.17, 15) is 14.0 Å². The second-order valence-corrected chi connectivity index (χ2v) is 8.71. The third kappa shape index (κ3) is 6.00. The van der Waals surface area contributed by atoms with Gasteiger partial charge < -0.3 is 4.90 Å². The van der Waals surface area contributed by atoms with Gasteiger partial charge in [0, 0.05) is 39.6 Å². The lowest BCUT2D eigenvalue weighted by Gasteiger charge is -2.20. The molecule has 1 aromatic heterocycles. The molecule has 1 N–H and O–H groups in total. The summed E-state index contributed by atoms with van der Waals surface area (Å²) in [7, 11) is 0. The number of imidazole rings is 1. The summed E-state index contributed by atoms with van der Waals surface area (Å²) in [6.45, 7) is 3.53. The summed E-state index contributed by atoms with van der Waals surface area (Å²) >= 11 is 12.2. The van der Waals surface area contributed by atoms with Crippen molar-refractivity contribution in [3.8, 4) is 16.9 Å². The van der Waals surface area contributed by atoms with Crippen molar-refractivity contribution in [1.82, 2.24) is 14.5 Å². The van der Waals surface area contributed by atoms with E-state index in [-0.39, 0.29) is 24.6 Å². The van der Waals surface area contributed by atoms with Crippen LogP contribution in [0, 0.1) is 5.82 Å². The highest BCUT2D eigenvalue weighted by atomic mass is 35.5. The van der Waals surface area contributed by atoms with Crippen LogP contribution in [0.1, 0.15) is 10.4 Å². The molecular formula is C27H21Cl2FN4O2. The Morgan fingerprint density at radius 1 is 1.03 bits per heavy atom. The second-order valence-electron chi connectivity index (χ2n) is 7.84. The number of halogens is 3. The second kappa shape index (κ2) is 11.2. The molecule has 0 atom stereocenters. The minimum atomic E-state index is -0.469. The number of anilines is 1. The molecule has 0 bridgehead atoms. The van der Waals surface area contributed by atoms with Crippen LogP contribution in [0.2, 0.25) is 10.0 Å². The van der Waals surface area contributed by atoms with Crippen LogP contribution in [0.25, 0.3) is 16.9 Å². The van der Waals surface area contributed by atoms with Crippen molar-refractivity contribution in [2.45, 2.75) is 0 Å². The Morgan fingerprint density at radius 3 is 2.42 bits per heavy atom. The molecule has 0 unspecified atom stereocenters. The largest absolute Gasteiger partial charge is 0.326 e. The Morgan fingerprint density at radius 2 is 1.75 bits per heavy atom. The summed E-state index contributed by atoms with van der Waals surface area (Å²) in [4.78, 5) is 31.8. The monoisotopic (exact) mass is 522 g/mol.